The fourth-order valence-corrected chi connectivity index (χ4v) is 10.5. The molecule has 8 amide bonds. The summed E-state index contributed by atoms with van der Waals surface area (Å²) in [4.78, 5) is 120. The Bertz CT molecular complexity index is 3460. The number of para-hydroxylation sites is 1. The van der Waals surface area contributed by atoms with Gasteiger partial charge in [0.15, 0.2) is 0 Å². The van der Waals surface area contributed by atoms with E-state index in [1.807, 2.05) is 116 Å². The lowest BCUT2D eigenvalue weighted by atomic mass is 9.96. The number of unbranched alkanes of at least 4 members (excludes halogenated alkanes) is 1. The second-order valence-electron chi connectivity index (χ2n) is 21.3. The average molecular weight is 1190 g/mol. The summed E-state index contributed by atoms with van der Waals surface area (Å²) >= 11 is 8.75. The van der Waals surface area contributed by atoms with Gasteiger partial charge in [0, 0.05) is 60.3 Å². The van der Waals surface area contributed by atoms with Gasteiger partial charge in [-0.25, -0.2) is 0 Å². The number of carbonyl (C=O) groups is 8. The maximum absolute atomic E-state index is 14.9. The van der Waals surface area contributed by atoms with Crippen molar-refractivity contribution in [3.8, 4) is 0 Å². The van der Waals surface area contributed by atoms with Gasteiger partial charge in [-0.15, -0.1) is 0 Å². The molecule has 0 spiro atoms. The van der Waals surface area contributed by atoms with Crippen LogP contribution in [0.4, 0.5) is 0 Å². The number of aromatic nitrogens is 2. The summed E-state index contributed by atoms with van der Waals surface area (Å²) in [6, 6.07) is 27.8. The third-order valence-electron chi connectivity index (χ3n) is 15.1. The van der Waals surface area contributed by atoms with E-state index in [1.54, 1.807) is 31.5 Å². The number of aromatic amines is 1. The largest absolute Gasteiger partial charge is 0.368 e. The van der Waals surface area contributed by atoms with Crippen LogP contribution in [-0.4, -0.2) is 124 Å². The van der Waals surface area contributed by atoms with Crippen molar-refractivity contribution < 1.29 is 38.4 Å². The van der Waals surface area contributed by atoms with E-state index < -0.39 is 102 Å². The van der Waals surface area contributed by atoms with Crippen LogP contribution >= 0.6 is 25.3 Å². The van der Waals surface area contributed by atoms with Gasteiger partial charge in [0.2, 0.25) is 47.3 Å². The minimum atomic E-state index is -1.37. The van der Waals surface area contributed by atoms with Crippen molar-refractivity contribution in [3.63, 3.8) is 0 Å². The molecular formula is C63H76N12O8S2. The molecule has 0 fully saturated rings. The van der Waals surface area contributed by atoms with Crippen LogP contribution in [0.5, 0.6) is 0 Å². The van der Waals surface area contributed by atoms with Gasteiger partial charge in [-0.2, -0.15) is 25.3 Å². The number of nitrogens with zero attached hydrogens (tertiary/aromatic N) is 1. The fourth-order valence-electron chi connectivity index (χ4n) is 9.97. The summed E-state index contributed by atoms with van der Waals surface area (Å²) in [5.74, 6) is -6.67. The number of rotatable bonds is 31. The third kappa shape index (κ3) is 18.1. The van der Waals surface area contributed by atoms with Gasteiger partial charge in [-0.3, -0.25) is 43.3 Å². The predicted octanol–water partition coefficient (Wildman–Crippen LogP) is 3.38. The molecule has 22 heteroatoms. The van der Waals surface area contributed by atoms with Gasteiger partial charge in [0.25, 0.3) is 0 Å². The molecule has 2 aromatic heterocycles. The van der Waals surface area contributed by atoms with Gasteiger partial charge >= 0.3 is 0 Å². The molecule has 448 valence electrons. The van der Waals surface area contributed by atoms with E-state index >= 15 is 0 Å². The number of amides is 8. The van der Waals surface area contributed by atoms with E-state index in [-0.39, 0.29) is 50.2 Å². The van der Waals surface area contributed by atoms with Crippen LogP contribution in [0.15, 0.2) is 140 Å². The van der Waals surface area contributed by atoms with E-state index in [2.05, 4.69) is 72.4 Å². The van der Waals surface area contributed by atoms with Crippen LogP contribution < -0.4 is 54.4 Å². The summed E-state index contributed by atoms with van der Waals surface area (Å²) < 4.78 is 0. The highest BCUT2D eigenvalue weighted by Gasteiger charge is 2.36. The molecule has 5 aromatic carbocycles. The number of nitrogens with one attached hydrogen (secondary N) is 8. The van der Waals surface area contributed by atoms with Crippen LogP contribution in [-0.2, 0) is 64.0 Å². The van der Waals surface area contributed by atoms with Crippen LogP contribution in [0, 0.1) is 5.92 Å². The number of hydrogen-bond acceptors (Lipinski definition) is 13. The van der Waals surface area contributed by atoms with E-state index in [0.29, 0.717) is 30.4 Å². The molecule has 20 nitrogen and oxygen atoms in total. The molecule has 85 heavy (non-hydrogen) atoms. The van der Waals surface area contributed by atoms with E-state index in [4.69, 9.17) is 17.2 Å². The van der Waals surface area contributed by atoms with Gasteiger partial charge < -0.3 is 59.4 Å². The molecule has 7 aromatic rings. The van der Waals surface area contributed by atoms with Gasteiger partial charge in [-0.1, -0.05) is 129 Å². The number of H-pyrrole nitrogens is 1. The summed E-state index contributed by atoms with van der Waals surface area (Å²) in [5.41, 5.74) is 21.6. The summed E-state index contributed by atoms with van der Waals surface area (Å²) in [6.07, 6.45) is 6.25. The van der Waals surface area contributed by atoms with E-state index in [0.717, 1.165) is 43.6 Å². The Hall–Kier alpha value is -8.31. The number of benzene rings is 5. The zero-order chi connectivity index (χ0) is 61.0. The quantitative estimate of drug-likeness (QED) is 0.0221. The maximum Gasteiger partial charge on any atom is 0.244 e. The topological polar surface area (TPSA) is 328 Å². The number of thiol groups is 2. The summed E-state index contributed by atoms with van der Waals surface area (Å²) in [6.45, 7) is 3.85. The number of pyridine rings is 1. The fraction of sp³-hybridized carbons (Fsp3) is 0.349. The number of fused-ring (bicyclic) bond motifs is 3. The van der Waals surface area contributed by atoms with Gasteiger partial charge in [-0.05, 0) is 94.1 Å². The molecule has 14 N–H and O–H groups in total. The Kier molecular flexibility index (Phi) is 23.8. The SMILES string of the molecule is CC[C@H](C)[C@H](NC(=O)[C@H](CCCCN)NC(=O)[C@@H](Cc1c[nH]c2ccccc12)NC(=O)[C@H](Cc1cccnc1)NC(=O)[C@@H](CS)NC(=O)[C@@H](N)Cc1ccc2ccccc2c1)C(=O)N[C@@H](CS)C(=O)N[C@@H](Cc1ccc2ccccc2c1)C(N)=O. The normalized spacial score (nSPS) is 14.5. The molecule has 0 bridgehead atoms. The Morgan fingerprint density at radius 1 is 0.529 bits per heavy atom. The molecule has 2 heterocycles. The Labute approximate surface area is 504 Å². The maximum atomic E-state index is 14.9. The van der Waals surface area contributed by atoms with Crippen molar-refractivity contribution >= 4 is 105 Å². The zero-order valence-electron chi connectivity index (χ0n) is 47.6. The van der Waals surface area contributed by atoms with Gasteiger partial charge in [0.05, 0.1) is 6.04 Å². The smallest absolute Gasteiger partial charge is 0.244 e. The Morgan fingerprint density at radius 3 is 1.61 bits per heavy atom. The lowest BCUT2D eigenvalue weighted by molar-refractivity contribution is -0.136. The highest BCUT2D eigenvalue weighted by molar-refractivity contribution is 7.80. The molecule has 0 unspecified atom stereocenters. The lowest BCUT2D eigenvalue weighted by Gasteiger charge is -2.29. The van der Waals surface area contributed by atoms with Crippen molar-refractivity contribution in [2.24, 2.45) is 23.1 Å². The van der Waals surface area contributed by atoms with Crippen LogP contribution in [0.25, 0.3) is 32.4 Å². The minimum Gasteiger partial charge on any atom is -0.368 e. The first-order chi connectivity index (χ1) is 41.0. The zero-order valence-corrected chi connectivity index (χ0v) is 49.4. The molecule has 9 atom stereocenters. The number of nitrogens with two attached hydrogens (primary N) is 3. The molecule has 0 aliphatic rings. The summed E-state index contributed by atoms with van der Waals surface area (Å²) in [7, 11) is 0. The highest BCUT2D eigenvalue weighted by atomic mass is 32.1. The van der Waals surface area contributed by atoms with Crippen molar-refractivity contribution in [1.29, 1.82) is 0 Å². The van der Waals surface area contributed by atoms with Crippen LogP contribution in [0.1, 0.15) is 61.8 Å². The van der Waals surface area contributed by atoms with Gasteiger partial charge in [0.1, 0.15) is 42.3 Å². The Balaban J connectivity index is 1.08. The average Bonchev–Trinajstić information content (AvgIpc) is 4.19. The standard InChI is InChI=1S/C63H76N12O8S2/c1-3-37(2)55(63(83)74-54(36-85)61(81)70-50(56(66)76)30-39-22-24-42-15-5-7-17-44(42)28-39)75-58(78)49(20-10-11-25-64)69-60(80)52(32-45-34-68-48-19-9-8-18-46(45)48)72-59(79)51(31-40-13-12-26-67-33-40)71-62(82)53(35-84)73-57(77)47(65)29-38-21-23-41-14-4-6-16-43(41)27-38/h4-9,12-19,21-24,26-28,33-34,37,47,49-55,68,84-85H,3,10-11,20,25,29-32,35-36,64-65H2,1-2H3,(H2,66,76)(H,69,80)(H,70,81)(H,71,82)(H,72,79)(H,73,77)(H,74,83)(H,75,78)/t37-,47-,49-,50-,51-,52+,53+,54-,55-/m0/s1. The van der Waals surface area contributed by atoms with Crippen molar-refractivity contribution in [3.05, 3.63) is 162 Å². The van der Waals surface area contributed by atoms with Crippen molar-refractivity contribution in [2.45, 2.75) is 114 Å². The molecule has 0 saturated carbocycles. The van der Waals surface area contributed by atoms with E-state index in [1.165, 1.54) is 6.20 Å². The lowest BCUT2D eigenvalue weighted by Crippen LogP contribution is -2.61. The second-order valence-corrected chi connectivity index (χ2v) is 22.0. The summed E-state index contributed by atoms with van der Waals surface area (Å²) in [5, 5.41) is 24.1. The first kappa shape index (κ1) is 64.3. The second kappa shape index (κ2) is 31.5. The minimum absolute atomic E-state index is 0.0766. The monoisotopic (exact) mass is 1190 g/mol. The molecule has 0 aliphatic heterocycles. The molecular weight excluding hydrogens is 1120 g/mol. The third-order valence-corrected chi connectivity index (χ3v) is 15.8. The number of hydrogen-bond donors (Lipinski definition) is 13. The Morgan fingerprint density at radius 2 is 1.04 bits per heavy atom. The van der Waals surface area contributed by atoms with E-state index in [9.17, 15) is 38.4 Å². The van der Waals surface area contributed by atoms with Crippen molar-refractivity contribution in [1.82, 2.24) is 47.2 Å². The molecule has 0 saturated heterocycles. The van der Waals surface area contributed by atoms with Crippen LogP contribution in [0.2, 0.25) is 0 Å². The predicted molar refractivity (Wildman–Crippen MR) is 336 cm³/mol. The first-order valence-corrected chi connectivity index (χ1v) is 29.7. The number of primary amides is 1. The molecule has 0 radical (unpaired) electrons. The van der Waals surface area contributed by atoms with Crippen LogP contribution in [0.3, 0.4) is 0 Å². The molecule has 7 rings (SSSR count). The highest BCUT2D eigenvalue weighted by Crippen LogP contribution is 2.22. The first-order valence-electron chi connectivity index (χ1n) is 28.5. The number of carbonyl (C=O) groups excluding carboxylic acids is 8. The molecule has 0 aliphatic carbocycles. The van der Waals surface area contributed by atoms with Crippen molar-refractivity contribution in [2.75, 3.05) is 18.1 Å².